The van der Waals surface area contributed by atoms with Crippen LogP contribution in [0.25, 0.3) is 0 Å². The van der Waals surface area contributed by atoms with Crippen molar-refractivity contribution in [3.05, 3.63) is 5.75 Å². The fraction of sp³-hybridized carbons (Fsp3) is 0.909. The summed E-state index contributed by atoms with van der Waals surface area (Å²) in [5.41, 5.74) is 0. The second kappa shape index (κ2) is 12.0. The van der Waals surface area contributed by atoms with Crippen molar-refractivity contribution in [2.45, 2.75) is 64.7 Å². The van der Waals surface area contributed by atoms with Crippen molar-refractivity contribution in [2.24, 2.45) is 0 Å². The third-order valence-corrected chi connectivity index (χ3v) is 3.04. The van der Waals surface area contributed by atoms with Crippen LogP contribution in [0.5, 0.6) is 0 Å². The predicted octanol–water partition coefficient (Wildman–Crippen LogP) is 0.571. The molecule has 0 saturated carbocycles. The molecule has 0 aromatic carbocycles. The Morgan fingerprint density at radius 1 is 0.938 bits per heavy atom. The zero-order valence-electron chi connectivity index (χ0n) is 10.6. The molecule has 3 nitrogen and oxygen atoms in total. The van der Waals surface area contributed by atoms with Gasteiger partial charge >= 0.3 is 18.9 Å². The Morgan fingerprint density at radius 3 is 1.81 bits per heavy atom. The van der Waals surface area contributed by atoms with E-state index in [0.717, 1.165) is 18.6 Å². The number of hydrogen-bond donors (Lipinski definition) is 1. The van der Waals surface area contributed by atoms with Crippen LogP contribution in [0.2, 0.25) is 0 Å². The van der Waals surface area contributed by atoms with Crippen molar-refractivity contribution in [3.63, 3.8) is 0 Å². The van der Waals surface area contributed by atoms with Crippen LogP contribution in [-0.2, 0) is 10.1 Å². The number of unbranched alkanes of at least 4 members (excludes halogenated alkanes) is 8. The van der Waals surface area contributed by atoms with Gasteiger partial charge in [0.2, 0.25) is 0 Å². The predicted molar refractivity (Wildman–Crippen MR) is 63.1 cm³/mol. The largest absolute Gasteiger partial charge is 1.00 e. The third kappa shape index (κ3) is 16.9. The standard InChI is InChI=1S/C11H23O3S.Li/c1-2-3-4-5-6-7-8-9-10-11-15(12,13)14;/h11H,2-10H2,1H3,(H,12,13,14);/q-1;+1. The fourth-order valence-corrected chi connectivity index (χ4v) is 1.98. The smallest absolute Gasteiger partial charge is 0.309 e. The fourth-order valence-electron chi connectivity index (χ4n) is 1.51. The SMILES string of the molecule is CCCCCCCCCC[CH-]S(=O)(=O)O.[Li+]. The van der Waals surface area contributed by atoms with E-state index >= 15 is 0 Å². The van der Waals surface area contributed by atoms with Crippen LogP contribution < -0.4 is 18.9 Å². The average Bonchev–Trinajstić information content (AvgIpc) is 2.14. The average molecular weight is 242 g/mol. The molecule has 0 fully saturated rings. The van der Waals surface area contributed by atoms with Crippen molar-refractivity contribution in [3.8, 4) is 0 Å². The Balaban J connectivity index is 0. The van der Waals surface area contributed by atoms with Gasteiger partial charge < -0.3 is 4.55 Å². The van der Waals surface area contributed by atoms with Gasteiger partial charge in [0.25, 0.3) is 0 Å². The maximum absolute atomic E-state index is 10.3. The van der Waals surface area contributed by atoms with Gasteiger partial charge in [-0.1, -0.05) is 58.3 Å². The van der Waals surface area contributed by atoms with Crippen molar-refractivity contribution >= 4 is 10.1 Å². The first kappa shape index (κ1) is 18.9. The van der Waals surface area contributed by atoms with Crippen LogP contribution >= 0.6 is 0 Å². The molecule has 0 bridgehead atoms. The maximum atomic E-state index is 10.3. The van der Waals surface area contributed by atoms with E-state index in [1.54, 1.807) is 0 Å². The summed E-state index contributed by atoms with van der Waals surface area (Å²) in [6.45, 7) is 2.20. The van der Waals surface area contributed by atoms with Gasteiger partial charge in [-0.05, 0) is 0 Å². The van der Waals surface area contributed by atoms with Gasteiger partial charge in [0.05, 0.1) is 0 Å². The molecule has 0 heterocycles. The van der Waals surface area contributed by atoms with E-state index in [2.05, 4.69) is 6.92 Å². The second-order valence-electron chi connectivity index (χ2n) is 3.95. The molecule has 0 radical (unpaired) electrons. The van der Waals surface area contributed by atoms with E-state index in [0.29, 0.717) is 6.42 Å². The van der Waals surface area contributed by atoms with Gasteiger partial charge in [-0.25, -0.2) is 8.42 Å². The van der Waals surface area contributed by atoms with E-state index < -0.39 is 10.1 Å². The van der Waals surface area contributed by atoms with Crippen LogP contribution in [0.3, 0.4) is 0 Å². The third-order valence-electron chi connectivity index (χ3n) is 2.39. The molecule has 0 aromatic rings. The van der Waals surface area contributed by atoms with Gasteiger partial charge in [0, 0.05) is 0 Å². The molecule has 0 rings (SSSR count). The van der Waals surface area contributed by atoms with E-state index in [1.807, 2.05) is 0 Å². The Kier molecular flexibility index (Phi) is 14.1. The molecule has 0 aromatic heterocycles. The molecule has 5 heteroatoms. The summed E-state index contributed by atoms with van der Waals surface area (Å²) in [4.78, 5) is 0. The summed E-state index contributed by atoms with van der Waals surface area (Å²) >= 11 is 0. The zero-order valence-corrected chi connectivity index (χ0v) is 11.4. The molecule has 0 spiro atoms. The van der Waals surface area contributed by atoms with Crippen molar-refractivity contribution < 1.29 is 31.8 Å². The van der Waals surface area contributed by atoms with Gasteiger partial charge in [-0.15, -0.1) is 0 Å². The molecule has 0 aliphatic heterocycles. The minimum absolute atomic E-state index is 0. The summed E-state index contributed by atoms with van der Waals surface area (Å²) in [5.74, 6) is 0.990. The van der Waals surface area contributed by atoms with Crippen molar-refractivity contribution in [1.29, 1.82) is 0 Å². The van der Waals surface area contributed by atoms with E-state index in [1.165, 1.54) is 38.5 Å². The molecule has 0 saturated heterocycles. The topological polar surface area (TPSA) is 54.4 Å². The van der Waals surface area contributed by atoms with Crippen LogP contribution in [0.4, 0.5) is 0 Å². The molecule has 92 valence electrons. The van der Waals surface area contributed by atoms with Crippen molar-refractivity contribution in [1.82, 2.24) is 0 Å². The van der Waals surface area contributed by atoms with Crippen LogP contribution in [0.1, 0.15) is 64.7 Å². The Hall–Kier alpha value is 0.507. The first-order valence-corrected chi connectivity index (χ1v) is 7.37. The van der Waals surface area contributed by atoms with Gasteiger partial charge in [0.1, 0.15) is 10.1 Å². The monoisotopic (exact) mass is 242 g/mol. The number of hydrogen-bond acceptors (Lipinski definition) is 2. The Labute approximate surface area is 112 Å². The first-order valence-electron chi connectivity index (χ1n) is 5.87. The van der Waals surface area contributed by atoms with E-state index in [-0.39, 0.29) is 18.9 Å². The minimum atomic E-state index is -3.85. The molecule has 16 heavy (non-hydrogen) atoms. The zero-order chi connectivity index (χ0) is 11.6. The van der Waals surface area contributed by atoms with Crippen LogP contribution in [0, 0.1) is 5.75 Å². The van der Waals surface area contributed by atoms with Crippen LogP contribution in [-0.4, -0.2) is 13.0 Å². The number of rotatable bonds is 10. The van der Waals surface area contributed by atoms with E-state index in [9.17, 15) is 8.42 Å². The quantitative estimate of drug-likeness (QED) is 0.264. The van der Waals surface area contributed by atoms with E-state index in [4.69, 9.17) is 4.55 Å². The normalized spacial score (nSPS) is 11.1. The Morgan fingerprint density at radius 2 is 1.38 bits per heavy atom. The summed E-state index contributed by atoms with van der Waals surface area (Å²) in [5, 5.41) is 0. The molecule has 0 atom stereocenters. The summed E-state index contributed by atoms with van der Waals surface area (Å²) in [7, 11) is -3.85. The molecular formula is C11H23LiO3S. The van der Waals surface area contributed by atoms with Crippen LogP contribution in [0.15, 0.2) is 0 Å². The van der Waals surface area contributed by atoms with Gasteiger partial charge in [-0.3, -0.25) is 0 Å². The summed E-state index contributed by atoms with van der Waals surface area (Å²) in [6.07, 6.45) is 9.97. The summed E-state index contributed by atoms with van der Waals surface area (Å²) in [6, 6.07) is 0. The van der Waals surface area contributed by atoms with Gasteiger partial charge in [-0.2, -0.15) is 12.2 Å². The Bertz CT molecular complexity index is 227. The second-order valence-corrected chi connectivity index (χ2v) is 5.31. The molecule has 0 amide bonds. The minimum Gasteiger partial charge on any atom is -0.309 e. The molecule has 0 aliphatic rings. The summed E-state index contributed by atoms with van der Waals surface area (Å²) < 4.78 is 29.1. The maximum Gasteiger partial charge on any atom is 1.00 e. The molecule has 1 N–H and O–H groups in total. The molecule has 0 unspecified atom stereocenters. The molecule has 0 aliphatic carbocycles. The van der Waals surface area contributed by atoms with Crippen molar-refractivity contribution in [2.75, 3.05) is 0 Å². The first-order chi connectivity index (χ1) is 7.06. The molecular weight excluding hydrogens is 219 g/mol. The van der Waals surface area contributed by atoms with Gasteiger partial charge in [0.15, 0.2) is 0 Å².